The molecule has 0 fully saturated rings. The molecule has 0 aromatic heterocycles. The average Bonchev–Trinajstić information content (AvgIpc) is 2.83. The summed E-state index contributed by atoms with van der Waals surface area (Å²) >= 11 is 0. The number of phosphoric acid groups is 1. The summed E-state index contributed by atoms with van der Waals surface area (Å²) in [5.41, 5.74) is 0. The Kier molecular flexibility index (Phi) is 21.8. The first-order valence-corrected chi connectivity index (χ1v) is 15.8. The fourth-order valence-corrected chi connectivity index (χ4v) is 4.26. The molecule has 0 aromatic rings. The molecule has 9 heteroatoms. The number of likely N-dealkylation sites (N-methyl/N-ethyl adjacent to an activating group) is 1. The zero-order valence-corrected chi connectivity index (χ0v) is 25.5. The zero-order chi connectivity index (χ0) is 28.7. The van der Waals surface area contributed by atoms with Crippen molar-refractivity contribution >= 4 is 13.7 Å². The van der Waals surface area contributed by atoms with E-state index in [1.54, 1.807) is 0 Å². The van der Waals surface area contributed by atoms with E-state index in [0.29, 0.717) is 23.9 Å². The summed E-state index contributed by atoms with van der Waals surface area (Å²) in [5, 5.41) is 13.4. The second-order valence-electron chi connectivity index (χ2n) is 10.7. The Morgan fingerprint density at radius 3 is 2.21 bits per heavy atom. The summed E-state index contributed by atoms with van der Waals surface area (Å²) in [5.74, 6) is -0.190. The van der Waals surface area contributed by atoms with Crippen molar-refractivity contribution in [2.75, 3.05) is 40.9 Å². The molecule has 0 aliphatic rings. The smallest absolute Gasteiger partial charge is 0.391 e. The number of hydrogen-bond acceptors (Lipinski definition) is 5. The van der Waals surface area contributed by atoms with Crippen molar-refractivity contribution in [1.82, 2.24) is 5.32 Å². The van der Waals surface area contributed by atoms with Gasteiger partial charge < -0.3 is 19.8 Å². The maximum absolute atomic E-state index is 12.5. The molecule has 1 amide bonds. The highest BCUT2D eigenvalue weighted by molar-refractivity contribution is 7.47. The number of rotatable bonds is 24. The highest BCUT2D eigenvalue weighted by Gasteiger charge is 2.28. The molecule has 0 aromatic carbocycles. The van der Waals surface area contributed by atoms with Crippen LogP contribution in [0.5, 0.6) is 0 Å². The van der Waals surface area contributed by atoms with Crippen molar-refractivity contribution in [1.29, 1.82) is 0 Å². The largest absolute Gasteiger partial charge is 0.472 e. The van der Waals surface area contributed by atoms with Crippen LogP contribution in [0.2, 0.25) is 0 Å². The predicted molar refractivity (Wildman–Crippen MR) is 157 cm³/mol. The van der Waals surface area contributed by atoms with Gasteiger partial charge >= 0.3 is 7.82 Å². The Morgan fingerprint density at radius 1 is 0.921 bits per heavy atom. The van der Waals surface area contributed by atoms with Crippen molar-refractivity contribution in [2.24, 2.45) is 0 Å². The Bertz CT molecular complexity index is 733. The Hall–Kier alpha value is -1.28. The summed E-state index contributed by atoms with van der Waals surface area (Å²) < 4.78 is 23.1. The molecule has 0 saturated carbocycles. The molecule has 222 valence electrons. The van der Waals surface area contributed by atoms with Crippen LogP contribution in [0.25, 0.3) is 0 Å². The number of unbranched alkanes of at least 4 members (excludes halogenated alkanes) is 5. The highest BCUT2D eigenvalue weighted by atomic mass is 31.2. The summed E-state index contributed by atoms with van der Waals surface area (Å²) in [6.45, 7) is 4.52. The number of aliphatic hydroxyl groups is 1. The monoisotopic (exact) mass is 559 g/mol. The van der Waals surface area contributed by atoms with Crippen LogP contribution in [0.1, 0.15) is 90.9 Å². The molecule has 38 heavy (non-hydrogen) atoms. The fraction of sp³-hybridized carbons (Fsp3) is 0.759. The van der Waals surface area contributed by atoms with Crippen molar-refractivity contribution in [3.8, 4) is 0 Å². The van der Waals surface area contributed by atoms with E-state index in [-0.39, 0.29) is 19.1 Å². The van der Waals surface area contributed by atoms with E-state index >= 15 is 0 Å². The van der Waals surface area contributed by atoms with Gasteiger partial charge in [-0.25, -0.2) is 4.57 Å². The lowest BCUT2D eigenvalue weighted by molar-refractivity contribution is -0.870. The van der Waals surface area contributed by atoms with Gasteiger partial charge in [-0.3, -0.25) is 13.8 Å². The molecular weight excluding hydrogens is 503 g/mol. The molecule has 3 atom stereocenters. The number of aliphatic hydroxyl groups excluding tert-OH is 1. The zero-order valence-electron chi connectivity index (χ0n) is 24.6. The van der Waals surface area contributed by atoms with Gasteiger partial charge in [0.25, 0.3) is 0 Å². The topological polar surface area (TPSA) is 105 Å². The number of quaternary nitrogens is 1. The van der Waals surface area contributed by atoms with Gasteiger partial charge in [0.05, 0.1) is 39.9 Å². The maximum atomic E-state index is 12.5. The lowest BCUT2D eigenvalue weighted by atomic mass is 10.0. The van der Waals surface area contributed by atoms with E-state index in [1.165, 1.54) is 0 Å². The second kappa shape index (κ2) is 22.5. The number of carbonyl (C=O) groups is 1. The first-order valence-electron chi connectivity index (χ1n) is 14.4. The minimum Gasteiger partial charge on any atom is -0.391 e. The Labute approximate surface area is 232 Å². The van der Waals surface area contributed by atoms with Crippen LogP contribution in [0, 0.1) is 0 Å². The van der Waals surface area contributed by atoms with Crippen LogP contribution in [0.4, 0.5) is 0 Å². The highest BCUT2D eigenvalue weighted by Crippen LogP contribution is 2.43. The van der Waals surface area contributed by atoms with Gasteiger partial charge in [0, 0.05) is 6.42 Å². The van der Waals surface area contributed by atoms with Gasteiger partial charge in [-0.05, 0) is 44.9 Å². The molecule has 0 spiro atoms. The molecule has 3 unspecified atom stereocenters. The molecule has 0 rings (SSSR count). The number of hydrogen-bond donors (Lipinski definition) is 3. The molecule has 8 nitrogen and oxygen atoms in total. The average molecular weight is 560 g/mol. The van der Waals surface area contributed by atoms with Crippen LogP contribution < -0.4 is 5.32 Å². The first kappa shape index (κ1) is 36.7. The molecule has 0 bridgehead atoms. The second-order valence-corrected chi connectivity index (χ2v) is 12.2. The maximum Gasteiger partial charge on any atom is 0.472 e. The third-order valence-corrected chi connectivity index (χ3v) is 6.89. The molecule has 0 aliphatic carbocycles. The van der Waals surface area contributed by atoms with Gasteiger partial charge in [0.15, 0.2) is 0 Å². The number of allylic oxidation sites excluding steroid dienone is 6. The third-order valence-electron chi connectivity index (χ3n) is 5.90. The fourth-order valence-electron chi connectivity index (χ4n) is 3.53. The standard InChI is InChI=1S/C29H55N2O6P/c1-6-8-10-11-12-13-14-15-16-17-18-19-21-23-29(33)30-27(28(32)22-20-9-7-2)26-37-38(34,35)36-25-24-31(3,4)5/h8,10,12-13,15-16,27-28,32H,6-7,9,11,14,17-26H2,1-5H3,(H-,30,33,34,35)/p+1/b10-8-,13-12-,16-15-. The molecule has 0 aliphatic heterocycles. The van der Waals surface area contributed by atoms with E-state index in [9.17, 15) is 19.4 Å². The van der Waals surface area contributed by atoms with E-state index in [4.69, 9.17) is 9.05 Å². The van der Waals surface area contributed by atoms with Gasteiger partial charge in [-0.2, -0.15) is 0 Å². The molecule has 0 radical (unpaired) electrons. The number of phosphoric ester groups is 1. The first-order chi connectivity index (χ1) is 18.0. The normalized spacial score (nSPS) is 15.9. The number of amides is 1. The van der Waals surface area contributed by atoms with Gasteiger partial charge in [0.1, 0.15) is 13.2 Å². The van der Waals surface area contributed by atoms with E-state index in [0.717, 1.165) is 64.2 Å². The lowest BCUT2D eigenvalue weighted by Crippen LogP contribution is -2.46. The predicted octanol–water partition coefficient (Wildman–Crippen LogP) is 6.06. The van der Waals surface area contributed by atoms with Crippen LogP contribution in [0.15, 0.2) is 36.5 Å². The molecule has 0 saturated heterocycles. The van der Waals surface area contributed by atoms with Crippen LogP contribution in [-0.2, 0) is 18.4 Å². The SMILES string of the molecule is CC/C=C\C/C=C\C/C=C\CCCCCC(=O)NC(COP(=O)(O)OCC[N+](C)(C)C)C(O)CCCCC. The van der Waals surface area contributed by atoms with Gasteiger partial charge in [0.2, 0.25) is 5.91 Å². The number of nitrogens with zero attached hydrogens (tertiary/aromatic N) is 1. The van der Waals surface area contributed by atoms with Crippen molar-refractivity contribution in [2.45, 2.75) is 103 Å². The van der Waals surface area contributed by atoms with Crippen molar-refractivity contribution < 1.29 is 32.9 Å². The summed E-state index contributed by atoms with van der Waals surface area (Å²) in [6.07, 6.45) is 22.4. The van der Waals surface area contributed by atoms with Gasteiger partial charge in [-0.15, -0.1) is 0 Å². The van der Waals surface area contributed by atoms with Crippen LogP contribution in [0.3, 0.4) is 0 Å². The molecule has 0 heterocycles. The van der Waals surface area contributed by atoms with Crippen molar-refractivity contribution in [3.05, 3.63) is 36.5 Å². The minimum atomic E-state index is -4.28. The van der Waals surface area contributed by atoms with E-state index < -0.39 is 20.0 Å². The molecule has 3 N–H and O–H groups in total. The van der Waals surface area contributed by atoms with Crippen molar-refractivity contribution in [3.63, 3.8) is 0 Å². The van der Waals surface area contributed by atoms with Crippen LogP contribution >= 0.6 is 7.82 Å². The molecular formula is C29H56N2O6P+. The van der Waals surface area contributed by atoms with Gasteiger partial charge in [-0.1, -0.05) is 76.0 Å². The Morgan fingerprint density at radius 2 is 1.58 bits per heavy atom. The Balaban J connectivity index is 4.44. The third kappa shape index (κ3) is 23.8. The van der Waals surface area contributed by atoms with E-state index in [1.807, 2.05) is 21.1 Å². The summed E-state index contributed by atoms with van der Waals surface area (Å²) in [6, 6.07) is -0.768. The summed E-state index contributed by atoms with van der Waals surface area (Å²) in [4.78, 5) is 22.6. The van der Waals surface area contributed by atoms with E-state index in [2.05, 4.69) is 55.6 Å². The summed E-state index contributed by atoms with van der Waals surface area (Å²) in [7, 11) is 1.57. The quantitative estimate of drug-likeness (QED) is 0.0575. The van der Waals surface area contributed by atoms with Crippen LogP contribution in [-0.4, -0.2) is 73.4 Å². The number of carbonyl (C=O) groups excluding carboxylic acids is 1. The minimum absolute atomic E-state index is 0.0654. The number of nitrogens with one attached hydrogen (secondary N) is 1. The lowest BCUT2D eigenvalue weighted by Gasteiger charge is -2.26.